The summed E-state index contributed by atoms with van der Waals surface area (Å²) < 4.78 is 5.30. The first-order chi connectivity index (χ1) is 8.27. The molecule has 0 aromatic carbocycles. The largest absolute Gasteiger partial charge is 0.378 e. The van der Waals surface area contributed by atoms with Crippen LogP contribution in [0.1, 0.15) is 19.3 Å². The Hall–Kier alpha value is -0.460. The second-order valence-corrected chi connectivity index (χ2v) is 5.16. The molecule has 0 atom stereocenters. The molecule has 2 fully saturated rings. The Labute approximate surface area is 113 Å². The van der Waals surface area contributed by atoms with Crippen molar-refractivity contribution in [2.75, 3.05) is 39.4 Å². The average Bonchev–Trinajstić information content (AvgIpc) is 2.40. The van der Waals surface area contributed by atoms with Gasteiger partial charge < -0.3 is 19.9 Å². The molecule has 2 aliphatic rings. The Morgan fingerprint density at radius 3 is 1.94 bits per heavy atom. The fourth-order valence-corrected chi connectivity index (χ4v) is 2.74. The van der Waals surface area contributed by atoms with Crippen LogP contribution in [0.3, 0.4) is 0 Å². The molecule has 17 heavy (non-hydrogen) atoms. The van der Waals surface area contributed by atoms with Gasteiger partial charge in [0.25, 0.3) is 0 Å². The van der Waals surface area contributed by atoms with Gasteiger partial charge in [-0.15, -0.1) is 0 Å². The van der Waals surface area contributed by atoms with Gasteiger partial charge in [-0.25, -0.2) is 0 Å². The maximum Gasteiger partial charge on any atom is 0.175 e. The molecule has 2 heterocycles. The molecule has 0 spiro atoms. The molecule has 0 unspecified atom stereocenters. The van der Waals surface area contributed by atoms with Crippen LogP contribution < -0.4 is 5.32 Å². The third kappa shape index (κ3) is 3.76. The summed E-state index contributed by atoms with van der Waals surface area (Å²) in [6.07, 6.45) is 3.77. The maximum atomic E-state index is 5.39. The lowest BCUT2D eigenvalue weighted by Crippen LogP contribution is -2.52. The lowest BCUT2D eigenvalue weighted by molar-refractivity contribution is 0.0681. The molecular weight excluding hydrogens is 254 g/mol. The van der Waals surface area contributed by atoms with Crippen molar-refractivity contribution in [1.29, 1.82) is 0 Å². The van der Waals surface area contributed by atoms with Crippen molar-refractivity contribution in [2.45, 2.75) is 19.3 Å². The summed E-state index contributed by atoms with van der Waals surface area (Å²) in [4.78, 5) is 4.33. The molecule has 0 aromatic rings. The highest BCUT2D eigenvalue weighted by molar-refractivity contribution is 7.81. The van der Waals surface area contributed by atoms with Gasteiger partial charge in [0.1, 0.15) is 0 Å². The summed E-state index contributed by atoms with van der Waals surface area (Å²) >= 11 is 10.8. The normalized spacial score (nSPS) is 21.2. The Balaban J connectivity index is 1.78. The minimum atomic E-state index is 0.740. The summed E-state index contributed by atoms with van der Waals surface area (Å²) in [7, 11) is 0. The smallest absolute Gasteiger partial charge is 0.175 e. The molecule has 0 saturated carbocycles. The number of thiocarbonyl (C=S) groups is 2. The minimum Gasteiger partial charge on any atom is -0.378 e. The highest BCUT2D eigenvalue weighted by atomic mass is 32.1. The Morgan fingerprint density at radius 2 is 1.35 bits per heavy atom. The van der Waals surface area contributed by atoms with Crippen LogP contribution in [0, 0.1) is 0 Å². The number of ether oxygens (including phenoxy) is 1. The molecule has 0 bridgehead atoms. The van der Waals surface area contributed by atoms with Crippen LogP contribution in [0.15, 0.2) is 0 Å². The Morgan fingerprint density at radius 1 is 0.824 bits per heavy atom. The highest BCUT2D eigenvalue weighted by Crippen LogP contribution is 2.09. The SMILES string of the molecule is S=C(NC(=S)N1CCOCC1)N1CCCCC1. The number of rotatable bonds is 0. The van der Waals surface area contributed by atoms with Crippen LogP contribution in [-0.2, 0) is 4.74 Å². The highest BCUT2D eigenvalue weighted by Gasteiger charge is 2.18. The summed E-state index contributed by atoms with van der Waals surface area (Å²) in [5.41, 5.74) is 0. The van der Waals surface area contributed by atoms with Gasteiger partial charge in [0.2, 0.25) is 0 Å². The quantitative estimate of drug-likeness (QED) is 0.661. The van der Waals surface area contributed by atoms with Gasteiger partial charge in [-0.05, 0) is 43.7 Å². The van der Waals surface area contributed by atoms with Gasteiger partial charge >= 0.3 is 0 Å². The third-order valence-electron chi connectivity index (χ3n) is 3.16. The molecule has 1 N–H and O–H groups in total. The molecule has 6 heteroatoms. The zero-order valence-electron chi connectivity index (χ0n) is 9.98. The van der Waals surface area contributed by atoms with E-state index in [-0.39, 0.29) is 0 Å². The summed E-state index contributed by atoms with van der Waals surface area (Å²) in [6, 6.07) is 0. The van der Waals surface area contributed by atoms with E-state index in [1.807, 2.05) is 0 Å². The first-order valence-electron chi connectivity index (χ1n) is 6.20. The zero-order chi connectivity index (χ0) is 12.1. The van der Waals surface area contributed by atoms with Crippen molar-refractivity contribution in [2.24, 2.45) is 0 Å². The van der Waals surface area contributed by atoms with E-state index in [1.165, 1.54) is 19.3 Å². The minimum absolute atomic E-state index is 0.740. The van der Waals surface area contributed by atoms with Gasteiger partial charge in [-0.3, -0.25) is 0 Å². The maximum absolute atomic E-state index is 5.39. The second-order valence-electron chi connectivity index (χ2n) is 4.38. The van der Waals surface area contributed by atoms with Crippen LogP contribution in [0.2, 0.25) is 0 Å². The number of nitrogens with one attached hydrogen (secondary N) is 1. The monoisotopic (exact) mass is 273 g/mol. The first-order valence-corrected chi connectivity index (χ1v) is 7.01. The van der Waals surface area contributed by atoms with Crippen LogP contribution in [0.4, 0.5) is 0 Å². The first kappa shape index (κ1) is 13.0. The average molecular weight is 273 g/mol. The van der Waals surface area contributed by atoms with Crippen molar-refractivity contribution in [1.82, 2.24) is 15.1 Å². The lowest BCUT2D eigenvalue weighted by Gasteiger charge is -2.33. The van der Waals surface area contributed by atoms with Crippen molar-refractivity contribution in [3.05, 3.63) is 0 Å². The molecule has 2 saturated heterocycles. The molecule has 0 amide bonds. The predicted molar refractivity (Wildman–Crippen MR) is 76.1 cm³/mol. The molecular formula is C11H19N3OS2. The molecule has 0 aliphatic carbocycles. The van der Waals surface area contributed by atoms with E-state index in [0.29, 0.717) is 0 Å². The molecule has 4 nitrogen and oxygen atoms in total. The van der Waals surface area contributed by atoms with Crippen LogP contribution >= 0.6 is 24.4 Å². The van der Waals surface area contributed by atoms with Crippen molar-refractivity contribution in [3.8, 4) is 0 Å². The number of likely N-dealkylation sites (tertiary alicyclic amines) is 1. The van der Waals surface area contributed by atoms with Gasteiger partial charge in [-0.2, -0.15) is 0 Å². The fraction of sp³-hybridized carbons (Fsp3) is 0.818. The van der Waals surface area contributed by atoms with Crippen molar-refractivity contribution in [3.63, 3.8) is 0 Å². The van der Waals surface area contributed by atoms with E-state index in [2.05, 4.69) is 15.1 Å². The number of morpholine rings is 1. The summed E-state index contributed by atoms with van der Waals surface area (Å²) in [5, 5.41) is 4.70. The zero-order valence-corrected chi connectivity index (χ0v) is 11.6. The van der Waals surface area contributed by atoms with E-state index in [9.17, 15) is 0 Å². The fourth-order valence-electron chi connectivity index (χ4n) is 2.11. The standard InChI is InChI=1S/C11H19N3OS2/c16-10(13-4-2-1-3-5-13)12-11(17)14-6-8-15-9-7-14/h1-9H2,(H,12,16,17). The van der Waals surface area contributed by atoms with Crippen molar-refractivity contribution < 1.29 is 4.74 Å². The van der Waals surface area contributed by atoms with Gasteiger partial charge in [0.05, 0.1) is 13.2 Å². The summed E-state index contributed by atoms with van der Waals surface area (Å²) in [5.74, 6) is 0. The predicted octanol–water partition coefficient (Wildman–Crippen LogP) is 0.964. The topological polar surface area (TPSA) is 27.7 Å². The number of hydrogen-bond acceptors (Lipinski definition) is 3. The number of piperidine rings is 1. The van der Waals surface area contributed by atoms with E-state index < -0.39 is 0 Å². The molecule has 96 valence electrons. The van der Waals surface area contributed by atoms with E-state index in [0.717, 1.165) is 49.6 Å². The van der Waals surface area contributed by atoms with Crippen LogP contribution in [0.25, 0.3) is 0 Å². The number of hydrogen-bond donors (Lipinski definition) is 1. The van der Waals surface area contributed by atoms with Crippen LogP contribution in [-0.4, -0.2) is 59.4 Å². The van der Waals surface area contributed by atoms with E-state index in [1.54, 1.807) is 0 Å². The number of nitrogens with zero attached hydrogens (tertiary/aromatic N) is 2. The van der Waals surface area contributed by atoms with Gasteiger partial charge in [-0.1, -0.05) is 0 Å². The Kier molecular flexibility index (Phi) is 4.94. The van der Waals surface area contributed by atoms with Gasteiger partial charge in [0.15, 0.2) is 10.2 Å². The third-order valence-corrected chi connectivity index (χ3v) is 3.88. The molecule has 2 rings (SSSR count). The second kappa shape index (κ2) is 6.47. The van der Waals surface area contributed by atoms with E-state index >= 15 is 0 Å². The molecule has 2 aliphatic heterocycles. The van der Waals surface area contributed by atoms with Crippen molar-refractivity contribution >= 4 is 34.7 Å². The summed E-state index contributed by atoms with van der Waals surface area (Å²) in [6.45, 7) is 5.31. The van der Waals surface area contributed by atoms with E-state index in [4.69, 9.17) is 29.2 Å². The lowest BCUT2D eigenvalue weighted by atomic mass is 10.1. The molecule has 0 aromatic heterocycles. The van der Waals surface area contributed by atoms with Gasteiger partial charge in [0, 0.05) is 26.2 Å². The van der Waals surface area contributed by atoms with Crippen LogP contribution in [0.5, 0.6) is 0 Å². The Bertz CT molecular complexity index is 258. The molecule has 0 radical (unpaired) electrons.